The molecule has 0 aromatic heterocycles. The second-order valence-electron chi connectivity index (χ2n) is 2.81. The number of rotatable bonds is 4. The number of hydrogen-bond acceptors (Lipinski definition) is 2. The van der Waals surface area contributed by atoms with Crippen molar-refractivity contribution >= 4 is 28.6 Å². The fourth-order valence-corrected chi connectivity index (χ4v) is 1.15. The van der Waals surface area contributed by atoms with Crippen molar-refractivity contribution in [1.82, 2.24) is 0 Å². The van der Waals surface area contributed by atoms with Crippen LogP contribution in [0, 0.1) is 5.92 Å². The molecule has 0 fully saturated rings. The Kier molecular flexibility index (Phi) is 5.09. The van der Waals surface area contributed by atoms with Gasteiger partial charge in [-0.2, -0.15) is 8.78 Å². The Balaban J connectivity index is 4.45. The Hall–Kier alpha value is 0.0600. The van der Waals surface area contributed by atoms with Crippen LogP contribution in [0.2, 0.25) is 0 Å². The third-order valence-corrected chi connectivity index (χ3v) is 2.89. The molecule has 0 aromatic rings. The minimum Gasteiger partial charge on any atom is -0.462 e. The van der Waals surface area contributed by atoms with Gasteiger partial charge in [-0.25, -0.2) is 4.79 Å². The summed E-state index contributed by atoms with van der Waals surface area (Å²) < 4.78 is 30.3. The molecule has 0 bridgehead atoms. The molecule has 0 amide bonds. The monoisotopic (exact) mass is 306 g/mol. The van der Waals surface area contributed by atoms with Gasteiger partial charge in [0.25, 0.3) is 0 Å². The molecule has 13 heavy (non-hydrogen) atoms. The first-order chi connectivity index (χ1) is 5.84. The third kappa shape index (κ3) is 3.36. The summed E-state index contributed by atoms with van der Waals surface area (Å²) in [6.07, 6.45) is 0. The molecule has 0 radical (unpaired) electrons. The van der Waals surface area contributed by atoms with Crippen LogP contribution in [0.5, 0.6) is 0 Å². The number of halogens is 3. The highest BCUT2D eigenvalue weighted by molar-refractivity contribution is 14.1. The smallest absolute Gasteiger partial charge is 0.377 e. The standard InChI is InChI=1S/C8H13F2IO2/c1-4-13-7(12)8(9,10)5(2)6(3)11/h5-6H,4H2,1-3H3. The van der Waals surface area contributed by atoms with Crippen molar-refractivity contribution in [2.24, 2.45) is 5.92 Å². The van der Waals surface area contributed by atoms with Gasteiger partial charge >= 0.3 is 11.9 Å². The van der Waals surface area contributed by atoms with Crippen molar-refractivity contribution in [2.45, 2.75) is 30.6 Å². The lowest BCUT2D eigenvalue weighted by Gasteiger charge is -2.23. The van der Waals surface area contributed by atoms with Gasteiger partial charge in [0.15, 0.2) is 0 Å². The van der Waals surface area contributed by atoms with E-state index in [-0.39, 0.29) is 10.5 Å². The van der Waals surface area contributed by atoms with Gasteiger partial charge in [-0.05, 0) is 6.92 Å². The van der Waals surface area contributed by atoms with Crippen molar-refractivity contribution in [2.75, 3.05) is 6.61 Å². The summed E-state index contributed by atoms with van der Waals surface area (Å²) in [6, 6.07) is 0. The van der Waals surface area contributed by atoms with Crippen LogP contribution >= 0.6 is 22.6 Å². The Morgan fingerprint density at radius 2 is 2.00 bits per heavy atom. The van der Waals surface area contributed by atoms with E-state index in [9.17, 15) is 13.6 Å². The number of esters is 1. The fraction of sp³-hybridized carbons (Fsp3) is 0.875. The zero-order chi connectivity index (χ0) is 10.6. The average Bonchev–Trinajstić information content (AvgIpc) is 2.03. The van der Waals surface area contributed by atoms with Crippen LogP contribution in [0.15, 0.2) is 0 Å². The zero-order valence-corrected chi connectivity index (χ0v) is 9.97. The number of alkyl halides is 3. The highest BCUT2D eigenvalue weighted by Gasteiger charge is 2.47. The summed E-state index contributed by atoms with van der Waals surface area (Å²) in [4.78, 5) is 10.8. The van der Waals surface area contributed by atoms with E-state index in [0.717, 1.165) is 0 Å². The van der Waals surface area contributed by atoms with Crippen molar-refractivity contribution in [1.29, 1.82) is 0 Å². The van der Waals surface area contributed by atoms with Gasteiger partial charge < -0.3 is 4.74 Å². The lowest BCUT2D eigenvalue weighted by Crippen LogP contribution is -2.40. The summed E-state index contributed by atoms with van der Waals surface area (Å²) in [5, 5.41) is 0. The zero-order valence-electron chi connectivity index (χ0n) is 7.81. The van der Waals surface area contributed by atoms with Crippen molar-refractivity contribution in [3.05, 3.63) is 0 Å². The number of carbonyl (C=O) groups is 1. The van der Waals surface area contributed by atoms with Gasteiger partial charge in [-0.1, -0.05) is 36.4 Å². The lowest BCUT2D eigenvalue weighted by molar-refractivity contribution is -0.178. The van der Waals surface area contributed by atoms with E-state index >= 15 is 0 Å². The number of carbonyl (C=O) groups excluding carboxylic acids is 1. The van der Waals surface area contributed by atoms with Crippen molar-refractivity contribution in [3.63, 3.8) is 0 Å². The van der Waals surface area contributed by atoms with Crippen molar-refractivity contribution < 1.29 is 18.3 Å². The van der Waals surface area contributed by atoms with Crippen molar-refractivity contribution in [3.8, 4) is 0 Å². The number of ether oxygens (including phenoxy) is 1. The lowest BCUT2D eigenvalue weighted by atomic mass is 10.0. The van der Waals surface area contributed by atoms with Crippen LogP contribution in [0.3, 0.4) is 0 Å². The van der Waals surface area contributed by atoms with Crippen LogP contribution in [0.4, 0.5) is 8.78 Å². The molecule has 0 heterocycles. The first-order valence-corrected chi connectivity index (χ1v) is 5.27. The average molecular weight is 306 g/mol. The third-order valence-electron chi connectivity index (χ3n) is 1.81. The Bertz CT molecular complexity index is 183. The predicted octanol–water partition coefficient (Wildman–Crippen LogP) is 2.64. The van der Waals surface area contributed by atoms with E-state index in [2.05, 4.69) is 4.74 Å². The maximum absolute atomic E-state index is 13.2. The molecule has 0 N–H and O–H groups in total. The minimum atomic E-state index is -3.38. The molecule has 2 atom stereocenters. The van der Waals surface area contributed by atoms with Gasteiger partial charge in [0, 0.05) is 9.84 Å². The van der Waals surface area contributed by atoms with Crippen LogP contribution in [-0.2, 0) is 9.53 Å². The van der Waals surface area contributed by atoms with Gasteiger partial charge in [-0.3, -0.25) is 0 Å². The van der Waals surface area contributed by atoms with Gasteiger partial charge in [0.05, 0.1) is 6.61 Å². The predicted molar refractivity (Wildman–Crippen MR) is 54.2 cm³/mol. The van der Waals surface area contributed by atoms with Gasteiger partial charge in [0.1, 0.15) is 0 Å². The highest BCUT2D eigenvalue weighted by Crippen LogP contribution is 2.31. The molecule has 2 nitrogen and oxygen atoms in total. The molecular weight excluding hydrogens is 293 g/mol. The van der Waals surface area contributed by atoms with E-state index < -0.39 is 17.8 Å². The maximum atomic E-state index is 13.2. The Morgan fingerprint density at radius 3 is 2.31 bits per heavy atom. The molecule has 0 aromatic carbocycles. The number of hydrogen-bond donors (Lipinski definition) is 0. The SMILES string of the molecule is CCOC(=O)C(F)(F)C(C)C(C)I. The Labute approximate surface area is 90.2 Å². The molecule has 0 saturated carbocycles. The quantitative estimate of drug-likeness (QED) is 0.453. The summed E-state index contributed by atoms with van der Waals surface area (Å²) in [5.41, 5.74) is 0. The molecule has 2 unspecified atom stereocenters. The molecule has 0 saturated heterocycles. The Morgan fingerprint density at radius 1 is 1.54 bits per heavy atom. The molecule has 0 aliphatic heterocycles. The molecule has 0 aliphatic rings. The fourth-order valence-electron chi connectivity index (χ4n) is 0.702. The van der Waals surface area contributed by atoms with Crippen LogP contribution < -0.4 is 0 Å². The maximum Gasteiger partial charge on any atom is 0.377 e. The summed E-state index contributed by atoms with van der Waals surface area (Å²) in [7, 11) is 0. The topological polar surface area (TPSA) is 26.3 Å². The molecule has 0 rings (SSSR count). The molecular formula is C8H13F2IO2. The van der Waals surface area contributed by atoms with Gasteiger partial charge in [0.2, 0.25) is 0 Å². The molecule has 78 valence electrons. The van der Waals surface area contributed by atoms with E-state index in [0.29, 0.717) is 0 Å². The minimum absolute atomic E-state index is 0.0171. The highest BCUT2D eigenvalue weighted by atomic mass is 127. The van der Waals surface area contributed by atoms with E-state index in [4.69, 9.17) is 0 Å². The second kappa shape index (κ2) is 5.07. The van der Waals surface area contributed by atoms with Gasteiger partial charge in [-0.15, -0.1) is 0 Å². The van der Waals surface area contributed by atoms with Crippen LogP contribution in [0.1, 0.15) is 20.8 Å². The molecule has 0 spiro atoms. The molecule has 0 aliphatic carbocycles. The normalized spacial score (nSPS) is 16.5. The first kappa shape index (κ1) is 13.1. The summed E-state index contributed by atoms with van der Waals surface area (Å²) in [5.74, 6) is -5.81. The first-order valence-electron chi connectivity index (χ1n) is 4.03. The van der Waals surface area contributed by atoms with E-state index in [1.165, 1.54) is 13.8 Å². The molecule has 5 heteroatoms. The second-order valence-corrected chi connectivity index (χ2v) is 4.77. The van der Waals surface area contributed by atoms with E-state index in [1.54, 1.807) is 6.92 Å². The van der Waals surface area contributed by atoms with Crippen LogP contribution in [0.25, 0.3) is 0 Å². The summed E-state index contributed by atoms with van der Waals surface area (Å²) in [6.45, 7) is 4.47. The van der Waals surface area contributed by atoms with Crippen LogP contribution in [-0.4, -0.2) is 22.4 Å². The largest absolute Gasteiger partial charge is 0.462 e. The summed E-state index contributed by atoms with van der Waals surface area (Å²) >= 11 is 1.87. The van der Waals surface area contributed by atoms with E-state index in [1.807, 2.05) is 22.6 Å².